The highest BCUT2D eigenvalue weighted by Gasteiger charge is 2.32. The predicted molar refractivity (Wildman–Crippen MR) is 125 cm³/mol. The first kappa shape index (κ1) is 22.7. The van der Waals surface area contributed by atoms with Gasteiger partial charge in [0.1, 0.15) is 5.82 Å². The van der Waals surface area contributed by atoms with Crippen molar-refractivity contribution in [3.8, 4) is 11.1 Å². The summed E-state index contributed by atoms with van der Waals surface area (Å²) >= 11 is 0. The summed E-state index contributed by atoms with van der Waals surface area (Å²) in [5.74, 6) is -0.766. The maximum Gasteiger partial charge on any atom is 0.257 e. The summed E-state index contributed by atoms with van der Waals surface area (Å²) in [6, 6.07) is 11.7. The van der Waals surface area contributed by atoms with Crippen molar-refractivity contribution in [2.24, 2.45) is 0 Å². The zero-order valence-electron chi connectivity index (χ0n) is 18.6. The number of halogens is 1. The van der Waals surface area contributed by atoms with Crippen LogP contribution in [-0.2, 0) is 10.0 Å². The maximum atomic E-state index is 15.0. The third-order valence-electron chi connectivity index (χ3n) is 6.57. The number of amides is 1. The molecule has 6 nitrogen and oxygen atoms in total. The van der Waals surface area contributed by atoms with Crippen LogP contribution in [0.2, 0.25) is 0 Å². The Bertz CT molecular complexity index is 1080. The molecule has 2 saturated heterocycles. The number of carbonyl (C=O) groups is 1. The summed E-state index contributed by atoms with van der Waals surface area (Å²) < 4.78 is 39.6. The molecule has 2 aromatic rings. The Kier molecular flexibility index (Phi) is 6.53. The SMILES string of the molecule is CN(c1ccc(-c2ccc(C(=O)N3CCC[C@H]3CN3CCCC3)c(F)c2)cc1)S(C)(=O)=O. The van der Waals surface area contributed by atoms with Gasteiger partial charge in [-0.25, -0.2) is 12.8 Å². The van der Waals surface area contributed by atoms with E-state index in [1.165, 1.54) is 30.3 Å². The zero-order valence-corrected chi connectivity index (χ0v) is 19.4. The number of rotatable bonds is 6. The number of anilines is 1. The lowest BCUT2D eigenvalue weighted by Crippen LogP contribution is -2.42. The van der Waals surface area contributed by atoms with Gasteiger partial charge in [-0.3, -0.25) is 9.10 Å². The first-order chi connectivity index (χ1) is 15.2. The third-order valence-corrected chi connectivity index (χ3v) is 7.77. The molecule has 2 fully saturated rings. The van der Waals surface area contributed by atoms with Gasteiger partial charge in [0, 0.05) is 26.2 Å². The van der Waals surface area contributed by atoms with Crippen molar-refractivity contribution in [1.82, 2.24) is 9.80 Å². The van der Waals surface area contributed by atoms with Crippen LogP contribution in [0.15, 0.2) is 42.5 Å². The van der Waals surface area contributed by atoms with Gasteiger partial charge in [-0.2, -0.15) is 0 Å². The topological polar surface area (TPSA) is 60.9 Å². The second-order valence-electron chi connectivity index (χ2n) is 8.77. The molecule has 0 aliphatic carbocycles. The molecule has 8 heteroatoms. The fraction of sp³-hybridized carbons (Fsp3) is 0.458. The van der Waals surface area contributed by atoms with Gasteiger partial charge < -0.3 is 9.80 Å². The molecule has 0 unspecified atom stereocenters. The smallest absolute Gasteiger partial charge is 0.257 e. The molecule has 0 spiro atoms. The van der Waals surface area contributed by atoms with Gasteiger partial charge in [0.2, 0.25) is 10.0 Å². The van der Waals surface area contributed by atoms with Crippen LogP contribution in [0.25, 0.3) is 11.1 Å². The molecule has 4 rings (SSSR count). The molecule has 2 aromatic carbocycles. The van der Waals surface area contributed by atoms with Gasteiger partial charge in [0.15, 0.2) is 0 Å². The van der Waals surface area contributed by atoms with Crippen LogP contribution in [0, 0.1) is 5.82 Å². The number of hydrogen-bond acceptors (Lipinski definition) is 4. The predicted octanol–water partition coefficient (Wildman–Crippen LogP) is 3.59. The Labute approximate surface area is 189 Å². The standard InChI is InChI=1S/C24H30FN3O3S/c1-26(32(2,30)31)20-10-7-18(8-11-20)19-9-12-22(23(25)16-19)24(29)28-15-5-6-21(28)17-27-13-3-4-14-27/h7-12,16,21H,3-6,13-15,17H2,1-2H3/t21-/m0/s1. The quantitative estimate of drug-likeness (QED) is 0.663. The lowest BCUT2D eigenvalue weighted by atomic mass is 10.0. The van der Waals surface area contributed by atoms with E-state index in [1.54, 1.807) is 36.4 Å². The molecule has 0 saturated carbocycles. The number of hydrogen-bond donors (Lipinski definition) is 0. The molecule has 2 aliphatic heterocycles. The van der Waals surface area contributed by atoms with E-state index >= 15 is 0 Å². The summed E-state index contributed by atoms with van der Waals surface area (Å²) in [6.07, 6.45) is 5.49. The average Bonchev–Trinajstić information content (AvgIpc) is 3.45. The third kappa shape index (κ3) is 4.81. The number of benzene rings is 2. The molecule has 32 heavy (non-hydrogen) atoms. The summed E-state index contributed by atoms with van der Waals surface area (Å²) in [7, 11) is -1.86. The summed E-state index contributed by atoms with van der Waals surface area (Å²) in [5, 5.41) is 0. The van der Waals surface area contributed by atoms with Crippen molar-refractivity contribution in [2.75, 3.05) is 43.8 Å². The van der Waals surface area contributed by atoms with Crippen molar-refractivity contribution < 1.29 is 17.6 Å². The molecular weight excluding hydrogens is 429 g/mol. The van der Waals surface area contributed by atoms with Crippen molar-refractivity contribution >= 4 is 21.6 Å². The number of carbonyl (C=O) groups excluding carboxylic acids is 1. The van der Waals surface area contributed by atoms with Crippen LogP contribution >= 0.6 is 0 Å². The minimum atomic E-state index is -3.35. The zero-order chi connectivity index (χ0) is 22.9. The van der Waals surface area contributed by atoms with Gasteiger partial charge in [-0.1, -0.05) is 18.2 Å². The second kappa shape index (κ2) is 9.19. The number of nitrogens with zero attached hydrogens (tertiary/aromatic N) is 3. The van der Waals surface area contributed by atoms with Crippen LogP contribution in [0.3, 0.4) is 0 Å². The summed E-state index contributed by atoms with van der Waals surface area (Å²) in [6.45, 7) is 3.72. The molecule has 0 bridgehead atoms. The van der Waals surface area contributed by atoms with Crippen molar-refractivity contribution in [3.63, 3.8) is 0 Å². The fourth-order valence-corrected chi connectivity index (χ4v) is 5.14. The van der Waals surface area contributed by atoms with Crippen molar-refractivity contribution in [2.45, 2.75) is 31.7 Å². The second-order valence-corrected chi connectivity index (χ2v) is 10.8. The number of likely N-dealkylation sites (tertiary alicyclic amines) is 2. The monoisotopic (exact) mass is 459 g/mol. The van der Waals surface area contributed by atoms with Gasteiger partial charge in [0.05, 0.1) is 17.5 Å². The van der Waals surface area contributed by atoms with Gasteiger partial charge in [-0.05, 0) is 74.2 Å². The molecule has 2 aliphatic rings. The fourth-order valence-electron chi connectivity index (χ4n) is 4.63. The highest BCUT2D eigenvalue weighted by Crippen LogP contribution is 2.28. The Hall–Kier alpha value is -2.45. The van der Waals surface area contributed by atoms with E-state index in [1.807, 2.05) is 4.90 Å². The number of sulfonamides is 1. The molecule has 172 valence electrons. The summed E-state index contributed by atoms with van der Waals surface area (Å²) in [4.78, 5) is 17.4. The Morgan fingerprint density at radius 3 is 2.31 bits per heavy atom. The Morgan fingerprint density at radius 2 is 1.69 bits per heavy atom. The van der Waals surface area contributed by atoms with Crippen LogP contribution in [0.4, 0.5) is 10.1 Å². The van der Waals surface area contributed by atoms with Crippen molar-refractivity contribution in [1.29, 1.82) is 0 Å². The highest BCUT2D eigenvalue weighted by molar-refractivity contribution is 7.92. The summed E-state index contributed by atoms with van der Waals surface area (Å²) in [5.41, 5.74) is 2.03. The van der Waals surface area contributed by atoms with Gasteiger partial charge >= 0.3 is 0 Å². The Balaban J connectivity index is 1.50. The maximum absolute atomic E-state index is 15.0. The van der Waals surface area contributed by atoms with Crippen LogP contribution in [0.5, 0.6) is 0 Å². The van der Waals surface area contributed by atoms with E-state index in [2.05, 4.69) is 4.90 Å². The van der Waals surface area contributed by atoms with E-state index in [-0.39, 0.29) is 17.5 Å². The lowest BCUT2D eigenvalue weighted by Gasteiger charge is -2.28. The molecule has 0 N–H and O–H groups in total. The molecule has 0 aromatic heterocycles. The van der Waals surface area contributed by atoms with E-state index in [0.717, 1.165) is 44.3 Å². The van der Waals surface area contributed by atoms with Crippen LogP contribution < -0.4 is 4.31 Å². The largest absolute Gasteiger partial charge is 0.334 e. The Morgan fingerprint density at radius 1 is 1.03 bits per heavy atom. The minimum Gasteiger partial charge on any atom is -0.334 e. The minimum absolute atomic E-state index is 0.107. The molecule has 1 atom stereocenters. The van der Waals surface area contributed by atoms with E-state index in [4.69, 9.17) is 0 Å². The van der Waals surface area contributed by atoms with Crippen LogP contribution in [0.1, 0.15) is 36.0 Å². The molecular formula is C24H30FN3O3S. The molecule has 1 amide bonds. The van der Waals surface area contributed by atoms with E-state index < -0.39 is 15.8 Å². The normalized spacial score (nSPS) is 19.5. The molecule has 2 heterocycles. The van der Waals surface area contributed by atoms with Gasteiger partial charge in [0.25, 0.3) is 5.91 Å². The highest BCUT2D eigenvalue weighted by atomic mass is 32.2. The van der Waals surface area contributed by atoms with Crippen LogP contribution in [-0.4, -0.2) is 69.6 Å². The van der Waals surface area contributed by atoms with Crippen molar-refractivity contribution in [3.05, 3.63) is 53.8 Å². The van der Waals surface area contributed by atoms with E-state index in [0.29, 0.717) is 17.8 Å². The first-order valence-corrected chi connectivity index (χ1v) is 13.0. The molecule has 0 radical (unpaired) electrons. The lowest BCUT2D eigenvalue weighted by molar-refractivity contribution is 0.0704. The van der Waals surface area contributed by atoms with E-state index in [9.17, 15) is 17.6 Å². The van der Waals surface area contributed by atoms with Gasteiger partial charge in [-0.15, -0.1) is 0 Å². The average molecular weight is 460 g/mol. The first-order valence-electron chi connectivity index (χ1n) is 11.1.